The van der Waals surface area contributed by atoms with Crippen LogP contribution in [0, 0.1) is 10.1 Å². The highest BCUT2D eigenvalue weighted by atomic mass is 79.9. The summed E-state index contributed by atoms with van der Waals surface area (Å²) in [6, 6.07) is 10.9. The van der Waals surface area contributed by atoms with Gasteiger partial charge in [0.15, 0.2) is 0 Å². The second kappa shape index (κ2) is 6.86. The van der Waals surface area contributed by atoms with Crippen LogP contribution in [-0.4, -0.2) is 10.7 Å². The van der Waals surface area contributed by atoms with Crippen molar-refractivity contribution in [3.8, 4) is 0 Å². The third-order valence-electron chi connectivity index (χ3n) is 2.53. The Bertz CT molecular complexity index is 670. The van der Waals surface area contributed by atoms with Gasteiger partial charge in [-0.3, -0.25) is 10.1 Å². The zero-order valence-corrected chi connectivity index (χ0v) is 12.8. The van der Waals surface area contributed by atoms with Gasteiger partial charge in [0.2, 0.25) is 0 Å². The lowest BCUT2D eigenvalue weighted by atomic mass is 10.2. The highest BCUT2D eigenvalue weighted by Gasteiger charge is 2.16. The van der Waals surface area contributed by atoms with E-state index in [-0.39, 0.29) is 11.4 Å². The molecule has 0 heterocycles. The Morgan fingerprint density at radius 1 is 1.19 bits per heavy atom. The first-order valence-corrected chi connectivity index (χ1v) is 7.39. The Morgan fingerprint density at radius 2 is 1.90 bits per heavy atom. The minimum Gasteiger partial charge on any atom is -0.349 e. The normalized spacial score (nSPS) is 10.7. The topological polar surface area (TPSA) is 55.2 Å². The molecule has 110 valence electrons. The highest BCUT2D eigenvalue weighted by Crippen LogP contribution is 2.36. The van der Waals surface area contributed by atoms with Crippen LogP contribution in [-0.2, 0) is 0 Å². The van der Waals surface area contributed by atoms with Crippen LogP contribution in [0.3, 0.4) is 0 Å². The molecule has 0 saturated heterocycles. The number of thioether (sulfide) groups is 1. The zero-order valence-electron chi connectivity index (χ0n) is 10.4. The minimum atomic E-state index is -2.56. The molecule has 0 fully saturated rings. The number of nitrogens with one attached hydrogen (secondary N) is 1. The number of hydrogen-bond acceptors (Lipinski definition) is 4. The Labute approximate surface area is 131 Å². The smallest absolute Gasteiger partial charge is 0.293 e. The summed E-state index contributed by atoms with van der Waals surface area (Å²) in [5.41, 5.74) is 0.500. The number of nitrogens with zero attached hydrogens (tertiary/aromatic N) is 1. The number of anilines is 2. The second-order valence-electron chi connectivity index (χ2n) is 3.92. The fourth-order valence-corrected chi connectivity index (χ4v) is 2.62. The fourth-order valence-electron chi connectivity index (χ4n) is 1.68. The van der Waals surface area contributed by atoms with Gasteiger partial charge in [-0.25, -0.2) is 0 Å². The van der Waals surface area contributed by atoms with E-state index >= 15 is 0 Å². The van der Waals surface area contributed by atoms with Crippen LogP contribution in [0.15, 0.2) is 51.8 Å². The first-order chi connectivity index (χ1) is 9.97. The predicted octanol–water partition coefficient (Wildman–Crippen LogP) is 5.42. The van der Waals surface area contributed by atoms with Gasteiger partial charge >= 0.3 is 0 Å². The number of halogens is 3. The average molecular weight is 375 g/mol. The van der Waals surface area contributed by atoms with Gasteiger partial charge in [0, 0.05) is 15.4 Å². The number of rotatable bonds is 5. The summed E-state index contributed by atoms with van der Waals surface area (Å²) in [6.45, 7) is 0. The van der Waals surface area contributed by atoms with Crippen molar-refractivity contribution < 1.29 is 13.7 Å². The van der Waals surface area contributed by atoms with Gasteiger partial charge in [0.05, 0.1) is 10.6 Å². The van der Waals surface area contributed by atoms with E-state index in [4.69, 9.17) is 0 Å². The van der Waals surface area contributed by atoms with Crippen molar-refractivity contribution in [1.29, 1.82) is 0 Å². The van der Waals surface area contributed by atoms with Gasteiger partial charge in [-0.15, -0.1) is 0 Å². The summed E-state index contributed by atoms with van der Waals surface area (Å²) in [5, 5.41) is 13.9. The maximum Gasteiger partial charge on any atom is 0.293 e. The average Bonchev–Trinajstić information content (AvgIpc) is 2.42. The van der Waals surface area contributed by atoms with Crippen molar-refractivity contribution in [3.63, 3.8) is 0 Å². The number of alkyl halides is 2. The quantitative estimate of drug-likeness (QED) is 0.431. The van der Waals surface area contributed by atoms with Crippen molar-refractivity contribution in [2.45, 2.75) is 10.7 Å². The minimum absolute atomic E-state index is 0.138. The molecule has 2 rings (SSSR count). The molecular formula is C13H9BrF2N2O2S. The Hall–Kier alpha value is -1.67. The van der Waals surface area contributed by atoms with E-state index in [9.17, 15) is 18.9 Å². The SMILES string of the molecule is O=[N+]([O-])c1cc(Br)ccc1Nc1ccccc1SC(F)F. The molecular weight excluding hydrogens is 366 g/mol. The molecule has 4 nitrogen and oxygen atoms in total. The van der Waals surface area contributed by atoms with E-state index in [1.165, 1.54) is 18.2 Å². The molecule has 0 spiro atoms. The van der Waals surface area contributed by atoms with Crippen molar-refractivity contribution in [2.24, 2.45) is 0 Å². The molecule has 0 bridgehead atoms. The van der Waals surface area contributed by atoms with Gasteiger partial charge in [0.25, 0.3) is 11.4 Å². The first kappa shape index (κ1) is 15.7. The molecule has 21 heavy (non-hydrogen) atoms. The lowest BCUT2D eigenvalue weighted by Crippen LogP contribution is -1.98. The molecule has 2 aromatic rings. The van der Waals surface area contributed by atoms with Crippen LogP contribution < -0.4 is 5.32 Å². The highest BCUT2D eigenvalue weighted by molar-refractivity contribution is 9.10. The Kier molecular flexibility index (Phi) is 5.13. The summed E-state index contributed by atoms with van der Waals surface area (Å²) < 4.78 is 25.6. The van der Waals surface area contributed by atoms with Gasteiger partial charge in [-0.2, -0.15) is 8.78 Å². The van der Waals surface area contributed by atoms with Crippen LogP contribution in [0.2, 0.25) is 0 Å². The van der Waals surface area contributed by atoms with Gasteiger partial charge < -0.3 is 5.32 Å². The van der Waals surface area contributed by atoms with Gasteiger partial charge in [0.1, 0.15) is 5.69 Å². The number of benzene rings is 2. The van der Waals surface area contributed by atoms with E-state index < -0.39 is 10.7 Å². The van der Waals surface area contributed by atoms with Crippen molar-refractivity contribution in [1.82, 2.24) is 0 Å². The van der Waals surface area contributed by atoms with E-state index in [1.54, 1.807) is 24.3 Å². The van der Waals surface area contributed by atoms with Crippen LogP contribution in [0.4, 0.5) is 25.8 Å². The molecule has 1 N–H and O–H groups in total. The predicted molar refractivity (Wildman–Crippen MR) is 82.4 cm³/mol. The molecule has 0 amide bonds. The summed E-state index contributed by atoms with van der Waals surface area (Å²) in [6.07, 6.45) is 0. The third kappa shape index (κ3) is 4.15. The van der Waals surface area contributed by atoms with Crippen molar-refractivity contribution >= 4 is 44.8 Å². The monoisotopic (exact) mass is 374 g/mol. The lowest BCUT2D eigenvalue weighted by molar-refractivity contribution is -0.384. The number of hydrogen-bond donors (Lipinski definition) is 1. The molecule has 0 saturated carbocycles. The number of nitro groups is 1. The Morgan fingerprint density at radius 3 is 2.57 bits per heavy atom. The first-order valence-electron chi connectivity index (χ1n) is 5.72. The zero-order chi connectivity index (χ0) is 15.4. The summed E-state index contributed by atoms with van der Waals surface area (Å²) >= 11 is 3.55. The summed E-state index contributed by atoms with van der Waals surface area (Å²) in [7, 11) is 0. The summed E-state index contributed by atoms with van der Waals surface area (Å²) in [5.74, 6) is -2.56. The van der Waals surface area contributed by atoms with Crippen LogP contribution in [0.1, 0.15) is 0 Å². The largest absolute Gasteiger partial charge is 0.349 e. The maximum atomic E-state index is 12.5. The van der Waals surface area contributed by atoms with Gasteiger partial charge in [-0.1, -0.05) is 39.8 Å². The lowest BCUT2D eigenvalue weighted by Gasteiger charge is -2.11. The molecule has 0 aliphatic rings. The molecule has 0 atom stereocenters. The van der Waals surface area contributed by atoms with Crippen LogP contribution in [0.25, 0.3) is 0 Å². The number of nitro benzene ring substituents is 1. The molecule has 0 aromatic heterocycles. The molecule has 0 radical (unpaired) electrons. The molecule has 8 heteroatoms. The van der Waals surface area contributed by atoms with Crippen LogP contribution in [0.5, 0.6) is 0 Å². The van der Waals surface area contributed by atoms with Gasteiger partial charge in [-0.05, 0) is 24.3 Å². The third-order valence-corrected chi connectivity index (χ3v) is 3.81. The van der Waals surface area contributed by atoms with Crippen molar-refractivity contribution in [3.05, 3.63) is 57.1 Å². The van der Waals surface area contributed by atoms with E-state index in [0.717, 1.165) is 0 Å². The number of para-hydroxylation sites is 1. The van der Waals surface area contributed by atoms with Crippen LogP contribution >= 0.6 is 27.7 Å². The van der Waals surface area contributed by atoms with E-state index in [2.05, 4.69) is 21.2 Å². The molecule has 0 aliphatic carbocycles. The molecule has 0 unspecified atom stereocenters. The fraction of sp³-hybridized carbons (Fsp3) is 0.0769. The maximum absolute atomic E-state index is 12.5. The van der Waals surface area contributed by atoms with E-state index in [1.807, 2.05) is 0 Å². The second-order valence-corrected chi connectivity index (χ2v) is 5.87. The standard InChI is InChI=1S/C13H9BrF2N2O2S/c14-8-5-6-9(11(7-8)18(19)20)17-10-3-1-2-4-12(10)21-13(15)16/h1-7,13,17H. The Balaban J connectivity index is 2.37. The summed E-state index contributed by atoms with van der Waals surface area (Å²) in [4.78, 5) is 10.8. The molecule has 0 aliphatic heterocycles. The van der Waals surface area contributed by atoms with E-state index in [0.29, 0.717) is 26.8 Å². The van der Waals surface area contributed by atoms with Crippen molar-refractivity contribution in [2.75, 3.05) is 5.32 Å². The molecule has 2 aromatic carbocycles.